The first-order chi connectivity index (χ1) is 12.0. The molecule has 2 aliphatic rings. The summed E-state index contributed by atoms with van der Waals surface area (Å²) in [7, 11) is 1.63. The Kier molecular flexibility index (Phi) is 3.86. The molecule has 4 rings (SSSR count). The van der Waals surface area contributed by atoms with E-state index in [1.807, 2.05) is 36.4 Å². The molecule has 0 aromatic heterocycles. The number of carbonyl (C=O) groups is 2. The molecule has 0 radical (unpaired) electrons. The highest BCUT2D eigenvalue weighted by Crippen LogP contribution is 2.49. The maximum atomic E-state index is 12.6. The highest BCUT2D eigenvalue weighted by atomic mass is 16.5. The summed E-state index contributed by atoms with van der Waals surface area (Å²) in [5.74, 6) is 0.529. The highest BCUT2D eigenvalue weighted by molar-refractivity contribution is 5.99. The third kappa shape index (κ3) is 2.84. The van der Waals surface area contributed by atoms with Crippen LogP contribution in [0, 0.1) is 17.8 Å². The normalized spacial score (nSPS) is 27.4. The van der Waals surface area contributed by atoms with Crippen molar-refractivity contribution >= 4 is 22.6 Å². The Morgan fingerprint density at radius 3 is 2.60 bits per heavy atom. The number of benzene rings is 2. The average molecular weight is 339 g/mol. The van der Waals surface area contributed by atoms with Crippen molar-refractivity contribution in [2.75, 3.05) is 7.11 Å². The number of ether oxygens (including phenoxy) is 1. The second-order valence-corrected chi connectivity index (χ2v) is 7.17. The first kappa shape index (κ1) is 15.9. The van der Waals surface area contributed by atoms with Crippen LogP contribution in [0.15, 0.2) is 36.4 Å². The summed E-state index contributed by atoms with van der Waals surface area (Å²) >= 11 is 0. The lowest BCUT2D eigenvalue weighted by Crippen LogP contribution is -2.50. The first-order valence-corrected chi connectivity index (χ1v) is 8.66. The molecule has 2 fully saturated rings. The topological polar surface area (TPSA) is 75.6 Å². The number of carboxylic acid groups (broad SMARTS) is 1. The summed E-state index contributed by atoms with van der Waals surface area (Å²) in [6, 6.07) is 11.5. The molecule has 2 aromatic rings. The monoisotopic (exact) mass is 339 g/mol. The van der Waals surface area contributed by atoms with Gasteiger partial charge in [-0.05, 0) is 66.1 Å². The van der Waals surface area contributed by atoms with Crippen LogP contribution < -0.4 is 10.1 Å². The molecule has 0 bridgehead atoms. The molecule has 0 spiro atoms. The largest absolute Gasteiger partial charge is 0.497 e. The van der Waals surface area contributed by atoms with E-state index in [0.717, 1.165) is 29.4 Å². The Morgan fingerprint density at radius 1 is 1.08 bits per heavy atom. The van der Waals surface area contributed by atoms with Gasteiger partial charge in [-0.2, -0.15) is 0 Å². The number of amides is 1. The van der Waals surface area contributed by atoms with Crippen LogP contribution in [-0.4, -0.2) is 30.1 Å². The van der Waals surface area contributed by atoms with Crippen LogP contribution in [0.2, 0.25) is 0 Å². The Morgan fingerprint density at radius 2 is 1.84 bits per heavy atom. The molecule has 2 aliphatic carbocycles. The Balaban J connectivity index is 1.45. The average Bonchev–Trinajstić information content (AvgIpc) is 2.95. The van der Waals surface area contributed by atoms with Gasteiger partial charge in [-0.1, -0.05) is 12.1 Å². The van der Waals surface area contributed by atoms with E-state index in [1.54, 1.807) is 7.11 Å². The van der Waals surface area contributed by atoms with Gasteiger partial charge in [0.1, 0.15) is 5.75 Å². The first-order valence-electron chi connectivity index (χ1n) is 8.66. The van der Waals surface area contributed by atoms with Crippen molar-refractivity contribution in [1.82, 2.24) is 5.32 Å². The van der Waals surface area contributed by atoms with Crippen molar-refractivity contribution in [1.29, 1.82) is 0 Å². The molecule has 0 heterocycles. The van der Waals surface area contributed by atoms with Crippen molar-refractivity contribution in [3.8, 4) is 5.75 Å². The fraction of sp³-hybridized carbons (Fsp3) is 0.400. The number of hydrogen-bond acceptors (Lipinski definition) is 3. The quantitative estimate of drug-likeness (QED) is 0.897. The number of carbonyl (C=O) groups excluding carboxylic acids is 1. The molecule has 25 heavy (non-hydrogen) atoms. The highest BCUT2D eigenvalue weighted by Gasteiger charge is 2.49. The predicted molar refractivity (Wildman–Crippen MR) is 93.7 cm³/mol. The number of methoxy groups -OCH3 is 1. The van der Waals surface area contributed by atoms with Crippen molar-refractivity contribution in [3.05, 3.63) is 42.0 Å². The molecule has 0 saturated heterocycles. The predicted octanol–water partition coefficient (Wildman–Crippen LogP) is 3.08. The molecule has 4 atom stereocenters. The minimum atomic E-state index is -0.704. The van der Waals surface area contributed by atoms with Crippen LogP contribution in [0.25, 0.3) is 10.8 Å². The lowest BCUT2D eigenvalue weighted by atomic mass is 9.71. The molecule has 5 heteroatoms. The van der Waals surface area contributed by atoms with Gasteiger partial charge in [0, 0.05) is 11.6 Å². The number of aliphatic carboxylic acids is 1. The van der Waals surface area contributed by atoms with E-state index >= 15 is 0 Å². The van der Waals surface area contributed by atoms with Crippen molar-refractivity contribution in [2.24, 2.45) is 17.8 Å². The zero-order valence-electron chi connectivity index (χ0n) is 14.1. The van der Waals surface area contributed by atoms with Crippen molar-refractivity contribution < 1.29 is 19.4 Å². The summed E-state index contributed by atoms with van der Waals surface area (Å²) in [5, 5.41) is 14.3. The SMILES string of the molecule is COc1ccc2cc(C(=O)N[C@@H]3C[C@@H]4CC(C(=O)O)C[C@@H]43)ccc2c1. The fourth-order valence-corrected chi connectivity index (χ4v) is 4.34. The lowest BCUT2D eigenvalue weighted by molar-refractivity contribution is -0.141. The van der Waals surface area contributed by atoms with E-state index < -0.39 is 5.97 Å². The van der Waals surface area contributed by atoms with Crippen molar-refractivity contribution in [3.63, 3.8) is 0 Å². The second-order valence-electron chi connectivity index (χ2n) is 7.17. The second kappa shape index (κ2) is 6.06. The zero-order valence-corrected chi connectivity index (χ0v) is 14.1. The molecular weight excluding hydrogens is 318 g/mol. The van der Waals surface area contributed by atoms with E-state index in [0.29, 0.717) is 23.8 Å². The van der Waals surface area contributed by atoms with Crippen LogP contribution in [0.4, 0.5) is 0 Å². The van der Waals surface area contributed by atoms with Gasteiger partial charge in [0.05, 0.1) is 13.0 Å². The van der Waals surface area contributed by atoms with Crippen LogP contribution in [0.1, 0.15) is 29.6 Å². The maximum Gasteiger partial charge on any atom is 0.306 e. The van der Waals surface area contributed by atoms with E-state index in [4.69, 9.17) is 9.84 Å². The maximum absolute atomic E-state index is 12.6. The van der Waals surface area contributed by atoms with Gasteiger partial charge in [0.25, 0.3) is 5.91 Å². The molecule has 0 aliphatic heterocycles. The number of rotatable bonds is 4. The molecule has 2 N–H and O–H groups in total. The standard InChI is InChI=1S/C20H21NO4/c1-25-16-5-4-11-6-13(3-2-12(11)8-16)19(22)21-18-10-14-7-15(20(23)24)9-17(14)18/h2-6,8,14-15,17-18H,7,9-10H2,1H3,(H,21,22)(H,23,24)/t14-,15?,17-,18+/m0/s1. The minimum Gasteiger partial charge on any atom is -0.497 e. The number of nitrogens with one attached hydrogen (secondary N) is 1. The van der Waals surface area contributed by atoms with Gasteiger partial charge in [-0.25, -0.2) is 0 Å². The summed E-state index contributed by atoms with van der Waals surface area (Å²) < 4.78 is 5.22. The van der Waals surface area contributed by atoms with Gasteiger partial charge in [0.2, 0.25) is 0 Å². The number of hydrogen-bond donors (Lipinski definition) is 2. The van der Waals surface area contributed by atoms with Gasteiger partial charge < -0.3 is 15.2 Å². The zero-order chi connectivity index (χ0) is 17.6. The molecule has 5 nitrogen and oxygen atoms in total. The summed E-state index contributed by atoms with van der Waals surface area (Å²) in [5.41, 5.74) is 0.633. The number of fused-ring (bicyclic) bond motifs is 2. The van der Waals surface area contributed by atoms with Gasteiger partial charge >= 0.3 is 5.97 Å². The molecule has 2 aromatic carbocycles. The van der Waals surface area contributed by atoms with Crippen molar-refractivity contribution in [2.45, 2.75) is 25.3 Å². The Bertz CT molecular complexity index is 847. The lowest BCUT2D eigenvalue weighted by Gasteiger charge is -2.40. The third-order valence-corrected chi connectivity index (χ3v) is 5.80. The van der Waals surface area contributed by atoms with E-state index in [1.165, 1.54) is 0 Å². The van der Waals surface area contributed by atoms with Crippen LogP contribution in [-0.2, 0) is 4.79 Å². The molecular formula is C20H21NO4. The summed E-state index contributed by atoms with van der Waals surface area (Å²) in [4.78, 5) is 23.7. The molecule has 1 amide bonds. The summed E-state index contributed by atoms with van der Waals surface area (Å²) in [6.45, 7) is 0. The fourth-order valence-electron chi connectivity index (χ4n) is 4.34. The molecule has 1 unspecified atom stereocenters. The van der Waals surface area contributed by atoms with Crippen LogP contribution in [0.3, 0.4) is 0 Å². The van der Waals surface area contributed by atoms with E-state index in [2.05, 4.69) is 5.32 Å². The van der Waals surface area contributed by atoms with Crippen LogP contribution >= 0.6 is 0 Å². The smallest absolute Gasteiger partial charge is 0.306 e. The molecule has 130 valence electrons. The third-order valence-electron chi connectivity index (χ3n) is 5.80. The molecule has 2 saturated carbocycles. The Labute approximate surface area is 146 Å². The Hall–Kier alpha value is -2.56. The minimum absolute atomic E-state index is 0.0834. The van der Waals surface area contributed by atoms with Crippen LogP contribution in [0.5, 0.6) is 5.75 Å². The van der Waals surface area contributed by atoms with Gasteiger partial charge in [0.15, 0.2) is 0 Å². The van der Waals surface area contributed by atoms with Gasteiger partial charge in [-0.15, -0.1) is 0 Å². The van der Waals surface area contributed by atoms with E-state index in [-0.39, 0.29) is 17.9 Å². The van der Waals surface area contributed by atoms with Gasteiger partial charge in [-0.3, -0.25) is 9.59 Å². The van der Waals surface area contributed by atoms with E-state index in [9.17, 15) is 9.59 Å². The summed E-state index contributed by atoms with van der Waals surface area (Å²) in [6.07, 6.45) is 2.33. The number of carboxylic acids is 1.